The van der Waals surface area contributed by atoms with Crippen LogP contribution in [-0.4, -0.2) is 57.1 Å². The van der Waals surface area contributed by atoms with E-state index >= 15 is 0 Å². The minimum absolute atomic E-state index is 0.331. The molecule has 1 atom stereocenters. The summed E-state index contributed by atoms with van der Waals surface area (Å²) < 4.78 is 17.7. The van der Waals surface area contributed by atoms with Gasteiger partial charge in [-0.25, -0.2) is 9.16 Å². The molecule has 7 nitrogen and oxygen atoms in total. The van der Waals surface area contributed by atoms with E-state index in [2.05, 4.69) is 11.2 Å². The molecule has 0 fully saturated rings. The molecule has 0 aromatic heterocycles. The van der Waals surface area contributed by atoms with Crippen LogP contribution < -0.4 is 9.47 Å². The van der Waals surface area contributed by atoms with Gasteiger partial charge in [0.15, 0.2) is 24.0 Å². The fraction of sp³-hybridized carbons (Fsp3) is 0.571. The maximum atomic E-state index is 12.8. The first-order valence-electron chi connectivity index (χ1n) is 10.5. The molecule has 2 aliphatic rings. The van der Waals surface area contributed by atoms with Crippen molar-refractivity contribution >= 4 is 29.7 Å². The van der Waals surface area contributed by atoms with Crippen LogP contribution >= 0.6 is 23.9 Å². The molecule has 166 valence electrons. The van der Waals surface area contributed by atoms with Crippen molar-refractivity contribution in [1.29, 1.82) is 0 Å². The number of hydrogen-bond donors (Lipinski definition) is 0. The molecule has 0 radical (unpaired) electrons. The van der Waals surface area contributed by atoms with Crippen molar-refractivity contribution in [3.63, 3.8) is 0 Å². The molecule has 3 rings (SSSR count). The van der Waals surface area contributed by atoms with Crippen LogP contribution in [0, 0.1) is 5.21 Å². The second kappa shape index (κ2) is 10.9. The number of fused-ring (bicyclic) bond motifs is 1. The molecule has 0 aliphatic carbocycles. The Kier molecular flexibility index (Phi) is 8.27. The summed E-state index contributed by atoms with van der Waals surface area (Å²) >= 11 is 8.01. The number of nitrogens with zero attached hydrogens (tertiary/aromatic N) is 4. The lowest BCUT2D eigenvalue weighted by molar-refractivity contribution is -0.512. The number of ether oxygens (including phenoxy) is 2. The molecule has 0 bridgehead atoms. The van der Waals surface area contributed by atoms with E-state index in [9.17, 15) is 5.21 Å². The van der Waals surface area contributed by atoms with E-state index in [0.717, 1.165) is 67.0 Å². The van der Waals surface area contributed by atoms with Crippen molar-refractivity contribution in [2.45, 2.75) is 51.6 Å². The zero-order valence-electron chi connectivity index (χ0n) is 17.9. The molecule has 9 heteroatoms. The second-order valence-corrected chi connectivity index (χ2v) is 8.96. The highest BCUT2D eigenvalue weighted by atomic mass is 35.5. The van der Waals surface area contributed by atoms with Crippen molar-refractivity contribution in [1.82, 2.24) is 13.0 Å². The normalized spacial score (nSPS) is 18.6. The van der Waals surface area contributed by atoms with E-state index in [1.54, 1.807) is 23.7 Å². The van der Waals surface area contributed by atoms with Gasteiger partial charge in [-0.3, -0.25) is 4.31 Å². The summed E-state index contributed by atoms with van der Waals surface area (Å²) in [6, 6.07) is 7.65. The minimum Gasteiger partial charge on any atom is -0.713 e. The fourth-order valence-corrected chi connectivity index (χ4v) is 4.77. The molecule has 30 heavy (non-hydrogen) atoms. The molecule has 2 aliphatic heterocycles. The first-order chi connectivity index (χ1) is 14.5. The van der Waals surface area contributed by atoms with Crippen LogP contribution in [0.15, 0.2) is 36.2 Å². The van der Waals surface area contributed by atoms with Crippen LogP contribution in [0.25, 0.3) is 0 Å². The first kappa shape index (κ1) is 22.7. The van der Waals surface area contributed by atoms with E-state index in [-0.39, 0.29) is 6.17 Å². The van der Waals surface area contributed by atoms with E-state index < -0.39 is 0 Å². The maximum absolute atomic E-state index is 12.8. The standard InChI is InChI=1S/C21H31ClN4O3S/c1-4-9-20-25(22)19-16-23(2)30-24(21(19)26(20)27)14-7-5-6-8-15-29-18-12-10-17(28-3)11-13-18/h10-13,16,20H,4-9,14-15H2,1-3H3. The molecule has 0 saturated carbocycles. The highest BCUT2D eigenvalue weighted by Gasteiger charge is 2.44. The topological polar surface area (TPSA) is 54.2 Å². The number of unbranched alkanes of at least 4 members (excludes halogenated alkanes) is 3. The number of rotatable bonds is 11. The Bertz CT molecular complexity index is 759. The number of benzene rings is 1. The number of methoxy groups -OCH3 is 1. The Morgan fingerprint density at radius 1 is 1.13 bits per heavy atom. The van der Waals surface area contributed by atoms with Crippen molar-refractivity contribution in [2.75, 3.05) is 27.3 Å². The van der Waals surface area contributed by atoms with Gasteiger partial charge < -0.3 is 14.7 Å². The van der Waals surface area contributed by atoms with Gasteiger partial charge in [-0.05, 0) is 49.9 Å². The average Bonchev–Trinajstić information content (AvgIpc) is 2.98. The van der Waals surface area contributed by atoms with Gasteiger partial charge >= 0.3 is 5.84 Å². The molecule has 0 N–H and O–H groups in total. The van der Waals surface area contributed by atoms with Crippen LogP contribution in [0.3, 0.4) is 0 Å². The molecule has 2 heterocycles. The summed E-state index contributed by atoms with van der Waals surface area (Å²) in [6.07, 6.45) is 7.43. The molecular weight excluding hydrogens is 424 g/mol. The third kappa shape index (κ3) is 5.40. The molecular formula is C21H31ClN4O3S. The van der Waals surface area contributed by atoms with Crippen LogP contribution in [-0.2, 0) is 0 Å². The summed E-state index contributed by atoms with van der Waals surface area (Å²) in [7, 11) is 3.63. The van der Waals surface area contributed by atoms with Gasteiger partial charge in [-0.1, -0.05) is 13.3 Å². The van der Waals surface area contributed by atoms with Gasteiger partial charge in [-0.15, -0.1) is 0 Å². The SMILES string of the molecule is CCCC1N(Cl)C2=CN(C)SN(CCCCCCOc3ccc(OC)cc3)C2=[N+]1[O-]. The van der Waals surface area contributed by atoms with E-state index in [4.69, 9.17) is 21.3 Å². The Morgan fingerprint density at radius 3 is 2.53 bits per heavy atom. The fourth-order valence-electron chi connectivity index (χ4n) is 3.55. The second-order valence-electron chi connectivity index (χ2n) is 7.41. The molecule has 0 spiro atoms. The Balaban J connectivity index is 1.41. The summed E-state index contributed by atoms with van der Waals surface area (Å²) in [5.74, 6) is 2.37. The molecule has 0 amide bonds. The van der Waals surface area contributed by atoms with Gasteiger partial charge in [0.2, 0.25) is 0 Å². The zero-order chi connectivity index (χ0) is 21.5. The highest BCUT2D eigenvalue weighted by molar-refractivity contribution is 7.95. The van der Waals surface area contributed by atoms with E-state index in [1.807, 2.05) is 41.8 Å². The van der Waals surface area contributed by atoms with Gasteiger partial charge in [0.1, 0.15) is 11.5 Å². The van der Waals surface area contributed by atoms with Gasteiger partial charge in [0.25, 0.3) is 0 Å². The third-order valence-corrected chi connectivity index (χ3v) is 6.42. The van der Waals surface area contributed by atoms with Gasteiger partial charge in [0.05, 0.1) is 20.3 Å². The van der Waals surface area contributed by atoms with Crippen molar-refractivity contribution < 1.29 is 14.2 Å². The summed E-state index contributed by atoms with van der Waals surface area (Å²) in [5, 5.41) is 12.8. The van der Waals surface area contributed by atoms with Crippen LogP contribution in [0.1, 0.15) is 45.4 Å². The molecule has 1 aromatic rings. The summed E-state index contributed by atoms with van der Waals surface area (Å²) in [5.41, 5.74) is 0.791. The van der Waals surface area contributed by atoms with Crippen LogP contribution in [0.2, 0.25) is 0 Å². The van der Waals surface area contributed by atoms with Crippen molar-refractivity contribution in [3.8, 4) is 11.5 Å². The lowest BCUT2D eigenvalue weighted by atomic mass is 10.2. The number of hydrogen-bond acceptors (Lipinski definition) is 7. The Labute approximate surface area is 188 Å². The zero-order valence-corrected chi connectivity index (χ0v) is 19.5. The van der Waals surface area contributed by atoms with E-state index in [1.165, 1.54) is 0 Å². The summed E-state index contributed by atoms with van der Waals surface area (Å²) in [6.45, 7) is 3.58. The van der Waals surface area contributed by atoms with Crippen LogP contribution in [0.4, 0.5) is 0 Å². The number of amidine groups is 1. The first-order valence-corrected chi connectivity index (χ1v) is 11.6. The van der Waals surface area contributed by atoms with Crippen molar-refractivity contribution in [3.05, 3.63) is 41.4 Å². The minimum atomic E-state index is -0.331. The van der Waals surface area contributed by atoms with Crippen LogP contribution in [0.5, 0.6) is 11.5 Å². The quantitative estimate of drug-likeness (QED) is 0.156. The predicted octanol–water partition coefficient (Wildman–Crippen LogP) is 4.79. The Hall–Kier alpha value is -1.93. The lowest BCUT2D eigenvalue weighted by Crippen LogP contribution is -2.36. The van der Waals surface area contributed by atoms with Gasteiger partial charge in [-0.2, -0.15) is 4.31 Å². The number of hydroxylamine groups is 1. The monoisotopic (exact) mass is 454 g/mol. The van der Waals surface area contributed by atoms with E-state index in [0.29, 0.717) is 12.4 Å². The molecule has 1 unspecified atom stereocenters. The largest absolute Gasteiger partial charge is 0.713 e. The predicted molar refractivity (Wildman–Crippen MR) is 122 cm³/mol. The molecule has 1 aromatic carbocycles. The Morgan fingerprint density at radius 2 is 1.83 bits per heavy atom. The lowest BCUT2D eigenvalue weighted by Gasteiger charge is -2.26. The maximum Gasteiger partial charge on any atom is 0.316 e. The summed E-state index contributed by atoms with van der Waals surface area (Å²) in [4.78, 5) is 0. The third-order valence-electron chi connectivity index (χ3n) is 5.10. The van der Waals surface area contributed by atoms with Gasteiger partial charge in [0, 0.05) is 31.4 Å². The highest BCUT2D eigenvalue weighted by Crippen LogP contribution is 2.35. The average molecular weight is 455 g/mol. The van der Waals surface area contributed by atoms with Crippen molar-refractivity contribution in [2.24, 2.45) is 0 Å². The molecule has 0 saturated heterocycles. The number of halogens is 1. The smallest absolute Gasteiger partial charge is 0.316 e.